The number of methoxy groups -OCH3 is 1. The quantitative estimate of drug-likeness (QED) is 0.745. The van der Waals surface area contributed by atoms with Gasteiger partial charge >= 0.3 is 5.97 Å². The maximum atomic E-state index is 10.8. The monoisotopic (exact) mass is 265 g/mol. The van der Waals surface area contributed by atoms with Crippen molar-refractivity contribution in [3.8, 4) is 0 Å². The average Bonchev–Trinajstić information content (AvgIpc) is 2.42. The lowest BCUT2D eigenvalue weighted by Crippen LogP contribution is -2.28. The third-order valence-corrected chi connectivity index (χ3v) is 3.05. The minimum absolute atomic E-state index is 0.334. The molecule has 0 aliphatic rings. The molecule has 0 amide bonds. The molecule has 0 atom stereocenters. The molecular weight excluding hydrogens is 242 g/mol. The largest absolute Gasteiger partial charge is 0.478 e. The predicted octanol–water partition coefficient (Wildman–Crippen LogP) is 2.63. The molecule has 0 aliphatic carbocycles. The molecule has 1 rings (SSSR count). The number of unbranched alkanes of at least 4 members (excludes halogenated alkanes) is 1. The first-order valence-electron chi connectivity index (χ1n) is 6.71. The molecule has 0 aliphatic heterocycles. The topological polar surface area (TPSA) is 49.8 Å². The molecule has 0 heterocycles. The van der Waals surface area contributed by atoms with E-state index in [0.29, 0.717) is 5.56 Å². The van der Waals surface area contributed by atoms with E-state index in [2.05, 4.69) is 11.8 Å². The Morgan fingerprint density at radius 3 is 2.47 bits per heavy atom. The van der Waals surface area contributed by atoms with Crippen molar-refractivity contribution in [2.75, 3.05) is 26.8 Å². The summed E-state index contributed by atoms with van der Waals surface area (Å²) in [6.07, 6.45) is 2.33. The van der Waals surface area contributed by atoms with Crippen molar-refractivity contribution >= 4 is 5.97 Å². The van der Waals surface area contributed by atoms with Crippen LogP contribution in [-0.4, -0.2) is 42.8 Å². The first-order valence-corrected chi connectivity index (χ1v) is 6.71. The van der Waals surface area contributed by atoms with Crippen LogP contribution in [0.5, 0.6) is 0 Å². The minimum Gasteiger partial charge on any atom is -0.478 e. The van der Waals surface area contributed by atoms with Gasteiger partial charge in [0.2, 0.25) is 0 Å². The van der Waals surface area contributed by atoms with E-state index in [1.54, 1.807) is 19.2 Å². The fraction of sp³-hybridized carbons (Fsp3) is 0.533. The molecule has 0 aromatic heterocycles. The predicted molar refractivity (Wildman–Crippen MR) is 75.5 cm³/mol. The van der Waals surface area contributed by atoms with Crippen LogP contribution >= 0.6 is 0 Å². The van der Waals surface area contributed by atoms with Crippen LogP contribution in [0.2, 0.25) is 0 Å². The second-order valence-electron chi connectivity index (χ2n) is 4.62. The van der Waals surface area contributed by atoms with Gasteiger partial charge in [0.25, 0.3) is 0 Å². The maximum Gasteiger partial charge on any atom is 0.335 e. The number of carboxylic acid groups (broad SMARTS) is 1. The number of hydrogen-bond donors (Lipinski definition) is 1. The number of benzene rings is 1. The van der Waals surface area contributed by atoms with Gasteiger partial charge in [-0.3, -0.25) is 4.90 Å². The molecule has 1 N–H and O–H groups in total. The fourth-order valence-electron chi connectivity index (χ4n) is 1.88. The molecule has 0 bridgehead atoms. The zero-order chi connectivity index (χ0) is 14.1. The van der Waals surface area contributed by atoms with Crippen LogP contribution in [0.1, 0.15) is 35.7 Å². The van der Waals surface area contributed by atoms with E-state index < -0.39 is 5.97 Å². The van der Waals surface area contributed by atoms with Crippen LogP contribution in [0.15, 0.2) is 24.3 Å². The molecule has 0 saturated carbocycles. The van der Waals surface area contributed by atoms with E-state index in [1.165, 1.54) is 6.42 Å². The number of rotatable bonds is 9. The van der Waals surface area contributed by atoms with Crippen molar-refractivity contribution in [2.24, 2.45) is 0 Å². The normalized spacial score (nSPS) is 10.9. The Balaban J connectivity index is 2.58. The highest BCUT2D eigenvalue weighted by molar-refractivity contribution is 5.87. The third-order valence-electron chi connectivity index (χ3n) is 3.05. The van der Waals surface area contributed by atoms with E-state index in [0.717, 1.165) is 38.2 Å². The van der Waals surface area contributed by atoms with E-state index in [1.807, 2.05) is 12.1 Å². The summed E-state index contributed by atoms with van der Waals surface area (Å²) in [5, 5.41) is 8.86. The number of nitrogens with zero attached hydrogens (tertiary/aromatic N) is 1. The molecule has 4 nitrogen and oxygen atoms in total. The molecular formula is C15H23NO3. The summed E-state index contributed by atoms with van der Waals surface area (Å²) >= 11 is 0. The first kappa shape index (κ1) is 15.7. The Morgan fingerprint density at radius 2 is 1.95 bits per heavy atom. The summed E-state index contributed by atoms with van der Waals surface area (Å²) in [6, 6.07) is 7.09. The number of hydrogen-bond acceptors (Lipinski definition) is 3. The number of carboxylic acids is 1. The van der Waals surface area contributed by atoms with Gasteiger partial charge in [0, 0.05) is 20.2 Å². The first-order chi connectivity index (χ1) is 9.17. The minimum atomic E-state index is -0.881. The van der Waals surface area contributed by atoms with Crippen molar-refractivity contribution in [3.05, 3.63) is 35.4 Å². The van der Waals surface area contributed by atoms with Gasteiger partial charge in [0.15, 0.2) is 0 Å². The Kier molecular flexibility index (Phi) is 7.15. The summed E-state index contributed by atoms with van der Waals surface area (Å²) in [6.45, 7) is 5.67. The second-order valence-corrected chi connectivity index (χ2v) is 4.62. The summed E-state index contributed by atoms with van der Waals surface area (Å²) in [5.74, 6) is -0.881. The average molecular weight is 265 g/mol. The highest BCUT2D eigenvalue weighted by Crippen LogP contribution is 2.08. The Morgan fingerprint density at radius 1 is 1.26 bits per heavy atom. The SMILES string of the molecule is CCCCN(CCOC)Cc1ccc(C(=O)O)cc1. The number of aromatic carboxylic acids is 1. The van der Waals surface area contributed by atoms with Crippen LogP contribution in [0, 0.1) is 0 Å². The molecule has 0 radical (unpaired) electrons. The van der Waals surface area contributed by atoms with Gasteiger partial charge in [0.05, 0.1) is 12.2 Å². The zero-order valence-corrected chi connectivity index (χ0v) is 11.8. The Bertz CT molecular complexity index is 367. The molecule has 0 saturated heterocycles. The van der Waals surface area contributed by atoms with Gasteiger partial charge in [-0.1, -0.05) is 25.5 Å². The lowest BCUT2D eigenvalue weighted by atomic mass is 10.1. The molecule has 0 spiro atoms. The second kappa shape index (κ2) is 8.67. The molecule has 1 aromatic rings. The standard InChI is InChI=1S/C15H23NO3/c1-3-4-9-16(10-11-19-2)12-13-5-7-14(8-6-13)15(17)18/h5-8H,3-4,9-12H2,1-2H3,(H,17,18). The molecule has 0 fully saturated rings. The van der Waals surface area contributed by atoms with E-state index in [-0.39, 0.29) is 0 Å². The molecule has 4 heteroatoms. The highest BCUT2D eigenvalue weighted by Gasteiger charge is 2.07. The zero-order valence-electron chi connectivity index (χ0n) is 11.8. The van der Waals surface area contributed by atoms with Crippen LogP contribution in [0.3, 0.4) is 0 Å². The van der Waals surface area contributed by atoms with Crippen LogP contribution < -0.4 is 0 Å². The van der Waals surface area contributed by atoms with E-state index >= 15 is 0 Å². The van der Waals surface area contributed by atoms with Gasteiger partial charge in [-0.2, -0.15) is 0 Å². The van der Waals surface area contributed by atoms with E-state index in [4.69, 9.17) is 9.84 Å². The Labute approximate surface area is 115 Å². The lowest BCUT2D eigenvalue weighted by Gasteiger charge is -2.21. The maximum absolute atomic E-state index is 10.8. The fourth-order valence-corrected chi connectivity index (χ4v) is 1.88. The molecule has 0 unspecified atom stereocenters. The smallest absolute Gasteiger partial charge is 0.335 e. The van der Waals surface area contributed by atoms with Crippen LogP contribution in [0.25, 0.3) is 0 Å². The van der Waals surface area contributed by atoms with Gasteiger partial charge in [0.1, 0.15) is 0 Å². The summed E-state index contributed by atoms with van der Waals surface area (Å²) in [7, 11) is 1.71. The van der Waals surface area contributed by atoms with Gasteiger partial charge in [-0.15, -0.1) is 0 Å². The summed E-state index contributed by atoms with van der Waals surface area (Å²) in [4.78, 5) is 13.1. The Hall–Kier alpha value is -1.39. The van der Waals surface area contributed by atoms with Crippen molar-refractivity contribution in [1.29, 1.82) is 0 Å². The van der Waals surface area contributed by atoms with Gasteiger partial charge in [-0.25, -0.2) is 4.79 Å². The highest BCUT2D eigenvalue weighted by atomic mass is 16.5. The number of ether oxygens (including phenoxy) is 1. The molecule has 1 aromatic carbocycles. The van der Waals surface area contributed by atoms with Gasteiger partial charge < -0.3 is 9.84 Å². The van der Waals surface area contributed by atoms with Crippen molar-refractivity contribution in [2.45, 2.75) is 26.3 Å². The van der Waals surface area contributed by atoms with Crippen LogP contribution in [0.4, 0.5) is 0 Å². The molecule has 106 valence electrons. The van der Waals surface area contributed by atoms with Crippen LogP contribution in [-0.2, 0) is 11.3 Å². The van der Waals surface area contributed by atoms with Gasteiger partial charge in [-0.05, 0) is 30.7 Å². The lowest BCUT2D eigenvalue weighted by molar-refractivity contribution is 0.0697. The van der Waals surface area contributed by atoms with E-state index in [9.17, 15) is 4.79 Å². The third kappa shape index (κ3) is 5.85. The number of carbonyl (C=O) groups is 1. The van der Waals surface area contributed by atoms with Crippen molar-refractivity contribution in [1.82, 2.24) is 4.90 Å². The molecule has 19 heavy (non-hydrogen) atoms. The van der Waals surface area contributed by atoms with Crippen molar-refractivity contribution < 1.29 is 14.6 Å². The van der Waals surface area contributed by atoms with Crippen molar-refractivity contribution in [3.63, 3.8) is 0 Å². The summed E-state index contributed by atoms with van der Waals surface area (Å²) in [5.41, 5.74) is 1.47. The summed E-state index contributed by atoms with van der Waals surface area (Å²) < 4.78 is 5.12.